The van der Waals surface area contributed by atoms with Crippen molar-refractivity contribution in [2.75, 3.05) is 11.7 Å². The third-order valence-electron chi connectivity index (χ3n) is 1.67. The molecule has 0 aliphatic rings. The fourth-order valence-electron chi connectivity index (χ4n) is 0.874. The van der Waals surface area contributed by atoms with E-state index in [4.69, 9.17) is 0 Å². The monoisotopic (exact) mass is 310 g/mol. The van der Waals surface area contributed by atoms with Gasteiger partial charge in [0, 0.05) is 4.90 Å². The van der Waals surface area contributed by atoms with Gasteiger partial charge in [-0.05, 0) is 30.5 Å². The summed E-state index contributed by atoms with van der Waals surface area (Å²) in [4.78, 5) is 11.4. The number of hydrogen-bond acceptors (Lipinski definition) is 3. The van der Waals surface area contributed by atoms with Crippen molar-refractivity contribution in [3.8, 4) is 0 Å². The minimum atomic E-state index is -4.88. The average molecular weight is 310 g/mol. The highest BCUT2D eigenvalue weighted by molar-refractivity contribution is 7.98. The summed E-state index contributed by atoms with van der Waals surface area (Å²) in [5, 5.41) is 0. The molecule has 7 heteroatoms. The Kier molecular flexibility index (Phi) is 12.0. The van der Waals surface area contributed by atoms with Crippen molar-refractivity contribution >= 4 is 23.4 Å². The maximum absolute atomic E-state index is 11.8. The number of benzene rings is 1. The lowest BCUT2D eigenvalue weighted by Crippen LogP contribution is -2.40. The Bertz CT molecular complexity index is 367. The summed E-state index contributed by atoms with van der Waals surface area (Å²) in [7, 11) is 0. The van der Waals surface area contributed by atoms with Crippen LogP contribution in [0.5, 0.6) is 0 Å². The third-order valence-corrected chi connectivity index (χ3v) is 2.41. The van der Waals surface area contributed by atoms with E-state index >= 15 is 0 Å². The highest BCUT2D eigenvalue weighted by atomic mass is 32.2. The van der Waals surface area contributed by atoms with Gasteiger partial charge in [-0.15, -0.1) is 11.8 Å². The molecule has 0 saturated heterocycles. The first kappa shape index (κ1) is 20.9. The first-order chi connectivity index (χ1) is 9.43. The molecule has 3 nitrogen and oxygen atoms in total. The van der Waals surface area contributed by atoms with E-state index in [9.17, 15) is 18.0 Å². The van der Waals surface area contributed by atoms with E-state index in [1.165, 1.54) is 11.8 Å². The van der Waals surface area contributed by atoms with E-state index in [2.05, 4.69) is 5.43 Å². The number of hydrogen-bond donors (Lipinski definition) is 2. The molecule has 1 amide bonds. The Morgan fingerprint density at radius 2 is 1.50 bits per heavy atom. The van der Waals surface area contributed by atoms with E-state index in [0.717, 1.165) is 4.90 Å². The van der Waals surface area contributed by atoms with E-state index in [0.29, 0.717) is 5.69 Å². The molecule has 0 saturated carbocycles. The van der Waals surface area contributed by atoms with Gasteiger partial charge in [0.15, 0.2) is 0 Å². The minimum Gasteiger partial charge on any atom is -0.298 e. The van der Waals surface area contributed by atoms with Crippen LogP contribution < -0.4 is 10.9 Å². The Morgan fingerprint density at radius 3 is 1.85 bits per heavy atom. The van der Waals surface area contributed by atoms with Gasteiger partial charge < -0.3 is 0 Å². The molecule has 0 unspecified atom stereocenters. The van der Waals surface area contributed by atoms with Crippen LogP contribution >= 0.6 is 11.8 Å². The molecule has 1 aromatic rings. The number of anilines is 1. The zero-order chi connectivity index (χ0) is 16.2. The summed E-state index contributed by atoms with van der Waals surface area (Å²) in [5.41, 5.74) is 4.11. The molecule has 0 spiro atoms. The van der Waals surface area contributed by atoms with Crippen LogP contribution in [0.25, 0.3) is 0 Å². The number of carbonyl (C=O) groups is 1. The Hall–Kier alpha value is -1.37. The highest BCUT2D eigenvalue weighted by Crippen LogP contribution is 2.17. The van der Waals surface area contributed by atoms with Crippen LogP contribution in [0.15, 0.2) is 29.2 Å². The Labute approximate surface area is 122 Å². The lowest BCUT2D eigenvalue weighted by Gasteiger charge is -2.10. The van der Waals surface area contributed by atoms with Crippen molar-refractivity contribution < 1.29 is 18.0 Å². The largest absolute Gasteiger partial charge is 0.472 e. The average Bonchev–Trinajstić information content (AvgIpc) is 2.48. The van der Waals surface area contributed by atoms with Crippen molar-refractivity contribution in [3.63, 3.8) is 0 Å². The maximum atomic E-state index is 11.8. The number of carbonyl (C=O) groups excluding carboxylic acids is 1. The molecule has 1 aromatic carbocycles. The fourth-order valence-corrected chi connectivity index (χ4v) is 1.28. The zero-order valence-electron chi connectivity index (χ0n) is 12.3. The van der Waals surface area contributed by atoms with Gasteiger partial charge in [-0.1, -0.05) is 27.7 Å². The van der Waals surface area contributed by atoms with Gasteiger partial charge in [0.05, 0.1) is 5.69 Å². The zero-order valence-corrected chi connectivity index (χ0v) is 13.1. The molecular formula is C13H21F3N2OS. The number of thioether (sulfide) groups is 1. The smallest absolute Gasteiger partial charge is 0.298 e. The molecule has 0 radical (unpaired) electrons. The van der Waals surface area contributed by atoms with Gasteiger partial charge in [-0.3, -0.25) is 15.6 Å². The minimum absolute atomic E-state index is 0.385. The molecule has 0 heterocycles. The van der Waals surface area contributed by atoms with E-state index < -0.39 is 12.1 Å². The standard InChI is InChI=1S/C9H9F3N2OS.2C2H6/c1-16-7-4-2-6(3-5-7)13-14-8(15)9(10,11)12;2*1-2/h2-5,13H,1H3,(H,14,15);2*1-2H3. The normalized spacial score (nSPS) is 9.40. The van der Waals surface area contributed by atoms with E-state index in [-0.39, 0.29) is 0 Å². The van der Waals surface area contributed by atoms with Crippen LogP contribution in [0, 0.1) is 0 Å². The van der Waals surface area contributed by atoms with Crippen LogP contribution in [0.2, 0.25) is 0 Å². The molecule has 0 aliphatic heterocycles. The molecule has 1 rings (SSSR count). The van der Waals surface area contributed by atoms with Crippen molar-refractivity contribution in [1.29, 1.82) is 0 Å². The maximum Gasteiger partial charge on any atom is 0.472 e. The van der Waals surface area contributed by atoms with E-state index in [1.807, 2.05) is 34.0 Å². The molecule has 2 N–H and O–H groups in total. The molecule has 20 heavy (non-hydrogen) atoms. The predicted molar refractivity (Wildman–Crippen MR) is 78.7 cm³/mol. The van der Waals surface area contributed by atoms with Crippen molar-refractivity contribution in [1.82, 2.24) is 5.43 Å². The molecule has 0 fully saturated rings. The van der Waals surface area contributed by atoms with Gasteiger partial charge in [0.1, 0.15) is 0 Å². The number of rotatable bonds is 3. The summed E-state index contributed by atoms with van der Waals surface area (Å²) >= 11 is 1.51. The topological polar surface area (TPSA) is 41.1 Å². The first-order valence-corrected chi connectivity index (χ1v) is 7.43. The summed E-state index contributed by atoms with van der Waals surface area (Å²) in [5.74, 6) is -2.03. The summed E-state index contributed by atoms with van der Waals surface area (Å²) < 4.78 is 35.4. The summed E-state index contributed by atoms with van der Waals surface area (Å²) in [6, 6.07) is 6.60. The number of amides is 1. The highest BCUT2D eigenvalue weighted by Gasteiger charge is 2.38. The van der Waals surface area contributed by atoms with Crippen molar-refractivity contribution in [2.24, 2.45) is 0 Å². The predicted octanol–water partition coefficient (Wildman–Crippen LogP) is 4.47. The second-order valence-corrected chi connectivity index (χ2v) is 3.69. The van der Waals surface area contributed by atoms with Gasteiger partial charge in [0.2, 0.25) is 0 Å². The Morgan fingerprint density at radius 1 is 1.05 bits per heavy atom. The van der Waals surface area contributed by atoms with Gasteiger partial charge >= 0.3 is 12.1 Å². The van der Waals surface area contributed by atoms with Gasteiger partial charge in [0.25, 0.3) is 0 Å². The molecule has 0 atom stereocenters. The second-order valence-electron chi connectivity index (χ2n) is 2.81. The summed E-state index contributed by atoms with van der Waals surface area (Å²) in [6.45, 7) is 8.00. The van der Waals surface area contributed by atoms with Crippen LogP contribution in [-0.4, -0.2) is 18.3 Å². The van der Waals surface area contributed by atoms with Gasteiger partial charge in [-0.25, -0.2) is 0 Å². The van der Waals surface area contributed by atoms with Crippen molar-refractivity contribution in [3.05, 3.63) is 24.3 Å². The van der Waals surface area contributed by atoms with Crippen LogP contribution in [0.4, 0.5) is 18.9 Å². The van der Waals surface area contributed by atoms with Crippen molar-refractivity contribution in [2.45, 2.75) is 38.8 Å². The summed E-state index contributed by atoms with van der Waals surface area (Å²) in [6.07, 6.45) is -3.00. The SMILES string of the molecule is CC.CC.CSc1ccc(NNC(=O)C(F)(F)F)cc1. The lowest BCUT2D eigenvalue weighted by atomic mass is 10.3. The quantitative estimate of drug-likeness (QED) is 0.639. The lowest BCUT2D eigenvalue weighted by molar-refractivity contribution is -0.173. The molecule has 116 valence electrons. The van der Waals surface area contributed by atoms with Gasteiger partial charge in [-0.2, -0.15) is 13.2 Å². The number of hydrazine groups is 1. The molecule has 0 aliphatic carbocycles. The van der Waals surface area contributed by atoms with E-state index in [1.54, 1.807) is 29.7 Å². The Balaban J connectivity index is 0. The molecule has 0 aromatic heterocycles. The molecule has 0 bridgehead atoms. The number of alkyl halides is 3. The van der Waals surface area contributed by atoms with Crippen LogP contribution in [0.3, 0.4) is 0 Å². The third kappa shape index (κ3) is 8.68. The van der Waals surface area contributed by atoms with Crippen LogP contribution in [0.1, 0.15) is 27.7 Å². The number of halogens is 3. The second kappa shape index (κ2) is 11.5. The number of nitrogens with one attached hydrogen (secondary N) is 2. The molecular weight excluding hydrogens is 289 g/mol. The van der Waals surface area contributed by atoms with Crippen LogP contribution in [-0.2, 0) is 4.79 Å². The first-order valence-electron chi connectivity index (χ1n) is 6.20. The fraction of sp³-hybridized carbons (Fsp3) is 0.462.